The molecule has 0 saturated heterocycles. The Morgan fingerprint density at radius 3 is 2.74 bits per heavy atom. The van der Waals surface area contributed by atoms with Gasteiger partial charge in [0.05, 0.1) is 25.4 Å². The van der Waals surface area contributed by atoms with Crippen LogP contribution >= 0.6 is 11.3 Å². The summed E-state index contributed by atoms with van der Waals surface area (Å²) < 4.78 is 7.70. The van der Waals surface area contributed by atoms with E-state index in [0.717, 1.165) is 35.5 Å². The number of nitrogens with one attached hydrogen (secondary N) is 1. The van der Waals surface area contributed by atoms with Crippen molar-refractivity contribution >= 4 is 23.1 Å². The van der Waals surface area contributed by atoms with E-state index in [0.29, 0.717) is 6.54 Å². The van der Waals surface area contributed by atoms with Crippen LogP contribution in [0.1, 0.15) is 51.7 Å². The number of hydrogen-bond donors (Lipinski definition) is 1. The van der Waals surface area contributed by atoms with Gasteiger partial charge in [-0.2, -0.15) is 0 Å². The molecule has 3 heterocycles. The van der Waals surface area contributed by atoms with E-state index in [1.54, 1.807) is 7.11 Å². The molecule has 0 saturated carbocycles. The van der Waals surface area contributed by atoms with Gasteiger partial charge in [-0.1, -0.05) is 35.9 Å². The fourth-order valence-electron chi connectivity index (χ4n) is 5.47. The fraction of sp³-hybridized carbons (Fsp3) is 0.276. The van der Waals surface area contributed by atoms with Crippen molar-refractivity contribution in [3.8, 4) is 10.8 Å². The predicted octanol–water partition coefficient (Wildman–Crippen LogP) is 6.87. The Hall–Kier alpha value is -3.51. The molecule has 2 aliphatic rings. The second-order valence-electron chi connectivity index (χ2n) is 9.40. The lowest BCUT2D eigenvalue weighted by Crippen LogP contribution is -2.38. The highest BCUT2D eigenvalue weighted by molar-refractivity contribution is 7.15. The Morgan fingerprint density at radius 2 is 1.89 bits per heavy atom. The second kappa shape index (κ2) is 8.93. The number of urea groups is 1. The summed E-state index contributed by atoms with van der Waals surface area (Å²) in [5.74, 6) is 0.719. The highest BCUT2D eigenvalue weighted by Gasteiger charge is 2.36. The summed E-state index contributed by atoms with van der Waals surface area (Å²) in [5, 5.41) is 4.43. The van der Waals surface area contributed by atoms with Crippen molar-refractivity contribution in [2.24, 2.45) is 0 Å². The molecular formula is C29H29N3O2S. The molecule has 5 nitrogen and oxygen atoms in total. The number of methoxy groups -OCH3 is 1. The number of anilines is 1. The number of carbonyl (C=O) groups is 1. The Kier molecular flexibility index (Phi) is 5.61. The van der Waals surface area contributed by atoms with Crippen molar-refractivity contribution in [1.29, 1.82) is 0 Å². The maximum Gasteiger partial charge on any atom is 0.322 e. The largest absolute Gasteiger partial charge is 0.497 e. The molecule has 2 amide bonds. The summed E-state index contributed by atoms with van der Waals surface area (Å²) in [6.45, 7) is 2.68. The first-order valence-electron chi connectivity index (χ1n) is 12.2. The third-order valence-corrected chi connectivity index (χ3v) is 8.45. The molecule has 1 aliphatic carbocycles. The van der Waals surface area contributed by atoms with Crippen LogP contribution in [-0.4, -0.2) is 22.6 Å². The maximum absolute atomic E-state index is 14.0. The average Bonchev–Trinajstić information content (AvgIpc) is 3.46. The minimum absolute atomic E-state index is 0.110. The van der Waals surface area contributed by atoms with Crippen LogP contribution in [-0.2, 0) is 19.4 Å². The lowest BCUT2D eigenvalue weighted by Gasteiger charge is -2.31. The zero-order valence-electron chi connectivity index (χ0n) is 20.1. The van der Waals surface area contributed by atoms with E-state index in [9.17, 15) is 4.79 Å². The first kappa shape index (κ1) is 22.0. The molecule has 2 aromatic heterocycles. The van der Waals surface area contributed by atoms with E-state index in [1.165, 1.54) is 39.4 Å². The molecular weight excluding hydrogens is 454 g/mol. The van der Waals surface area contributed by atoms with Crippen LogP contribution in [0.25, 0.3) is 5.00 Å². The highest BCUT2D eigenvalue weighted by Crippen LogP contribution is 2.44. The lowest BCUT2D eigenvalue weighted by atomic mass is 9.95. The Morgan fingerprint density at radius 1 is 1.03 bits per heavy atom. The monoisotopic (exact) mass is 483 g/mol. The summed E-state index contributed by atoms with van der Waals surface area (Å²) in [4.78, 5) is 17.5. The number of fused-ring (bicyclic) bond motifs is 5. The average molecular weight is 484 g/mol. The van der Waals surface area contributed by atoms with Crippen LogP contribution < -0.4 is 10.1 Å². The van der Waals surface area contributed by atoms with Gasteiger partial charge in [-0.05, 0) is 68.0 Å². The van der Waals surface area contributed by atoms with Crippen molar-refractivity contribution in [2.45, 2.75) is 45.2 Å². The van der Waals surface area contributed by atoms with E-state index in [2.05, 4.69) is 59.4 Å². The molecule has 0 radical (unpaired) electrons. The number of thiophene rings is 1. The fourth-order valence-corrected chi connectivity index (χ4v) is 6.88. The van der Waals surface area contributed by atoms with E-state index >= 15 is 0 Å². The molecule has 178 valence electrons. The second-order valence-corrected chi connectivity index (χ2v) is 10.5. The lowest BCUT2D eigenvalue weighted by molar-refractivity contribution is 0.194. The summed E-state index contributed by atoms with van der Waals surface area (Å²) in [6, 6.07) is 20.0. The van der Waals surface area contributed by atoms with E-state index in [-0.39, 0.29) is 12.1 Å². The van der Waals surface area contributed by atoms with Gasteiger partial charge in [0, 0.05) is 28.4 Å². The Labute approximate surface area is 210 Å². The van der Waals surface area contributed by atoms with E-state index in [1.807, 2.05) is 40.5 Å². The van der Waals surface area contributed by atoms with Gasteiger partial charge in [0.15, 0.2) is 0 Å². The molecule has 6 rings (SSSR count). The Bertz CT molecular complexity index is 1400. The van der Waals surface area contributed by atoms with Gasteiger partial charge in [-0.15, -0.1) is 11.3 Å². The molecule has 0 bridgehead atoms. The van der Waals surface area contributed by atoms with Crippen LogP contribution in [0, 0.1) is 6.92 Å². The van der Waals surface area contributed by atoms with Gasteiger partial charge in [0.1, 0.15) is 10.8 Å². The summed E-state index contributed by atoms with van der Waals surface area (Å²) in [5.41, 5.74) is 6.91. The molecule has 1 unspecified atom stereocenters. The van der Waals surface area contributed by atoms with Gasteiger partial charge in [0.25, 0.3) is 0 Å². The highest BCUT2D eigenvalue weighted by atomic mass is 32.1. The minimum atomic E-state index is -0.200. The zero-order chi connectivity index (χ0) is 23.9. The molecule has 1 atom stereocenters. The van der Waals surface area contributed by atoms with Crippen LogP contribution in [0.5, 0.6) is 5.75 Å². The molecule has 1 N–H and O–H groups in total. The van der Waals surface area contributed by atoms with Crippen molar-refractivity contribution in [3.63, 3.8) is 0 Å². The molecule has 4 aromatic rings. The van der Waals surface area contributed by atoms with Crippen LogP contribution in [0.2, 0.25) is 0 Å². The first-order valence-corrected chi connectivity index (χ1v) is 13.0. The Balaban J connectivity index is 1.49. The molecule has 35 heavy (non-hydrogen) atoms. The third kappa shape index (κ3) is 3.92. The number of carbonyl (C=O) groups excluding carboxylic acids is 1. The number of benzene rings is 2. The van der Waals surface area contributed by atoms with E-state index < -0.39 is 0 Å². The van der Waals surface area contributed by atoms with Crippen LogP contribution in [0.15, 0.2) is 66.9 Å². The molecule has 2 aromatic carbocycles. The molecule has 6 heteroatoms. The molecule has 0 fully saturated rings. The number of hydrogen-bond acceptors (Lipinski definition) is 3. The number of ether oxygens (including phenoxy) is 1. The van der Waals surface area contributed by atoms with Gasteiger partial charge in [0.2, 0.25) is 0 Å². The summed E-state index contributed by atoms with van der Waals surface area (Å²) in [7, 11) is 1.64. The van der Waals surface area contributed by atoms with Crippen molar-refractivity contribution in [1.82, 2.24) is 9.47 Å². The normalized spacial score (nSPS) is 16.6. The SMILES string of the molecule is COc1cccc(NC(=O)N2Cc3c(sc4c3CCCC4)-n3cccc3C2c2cccc(C)c2)c1. The predicted molar refractivity (Wildman–Crippen MR) is 141 cm³/mol. The summed E-state index contributed by atoms with van der Waals surface area (Å²) >= 11 is 1.91. The number of rotatable bonds is 3. The molecule has 1 aliphatic heterocycles. The summed E-state index contributed by atoms with van der Waals surface area (Å²) in [6.07, 6.45) is 6.85. The van der Waals surface area contributed by atoms with E-state index in [4.69, 9.17) is 4.74 Å². The maximum atomic E-state index is 14.0. The van der Waals surface area contributed by atoms with Crippen molar-refractivity contribution in [2.75, 3.05) is 12.4 Å². The van der Waals surface area contributed by atoms with Crippen LogP contribution in [0.3, 0.4) is 0 Å². The smallest absolute Gasteiger partial charge is 0.322 e. The number of amides is 2. The first-order chi connectivity index (χ1) is 17.1. The number of aryl methyl sites for hydroxylation is 2. The van der Waals surface area contributed by atoms with Gasteiger partial charge in [-0.3, -0.25) is 0 Å². The van der Waals surface area contributed by atoms with Gasteiger partial charge in [-0.25, -0.2) is 4.79 Å². The zero-order valence-corrected chi connectivity index (χ0v) is 20.9. The minimum Gasteiger partial charge on any atom is -0.497 e. The van der Waals surface area contributed by atoms with Crippen molar-refractivity contribution in [3.05, 3.63) is 99.7 Å². The van der Waals surface area contributed by atoms with Gasteiger partial charge >= 0.3 is 6.03 Å². The number of nitrogens with zero attached hydrogens (tertiary/aromatic N) is 2. The number of aromatic nitrogens is 1. The quantitative estimate of drug-likeness (QED) is 0.346. The third-order valence-electron chi connectivity index (χ3n) is 7.12. The molecule has 0 spiro atoms. The van der Waals surface area contributed by atoms with Crippen molar-refractivity contribution < 1.29 is 9.53 Å². The standard InChI is InChI=1S/C29H29N3O2S/c1-19-8-5-9-20(16-19)27-25-13-7-15-31(25)28-24(23-12-3-4-14-26(23)35-28)18-32(27)29(33)30-21-10-6-11-22(17-21)34-2/h5-11,13,15-17,27H,3-4,12,14,18H2,1-2H3,(H,30,33). The van der Waals surface area contributed by atoms with Crippen LogP contribution in [0.4, 0.5) is 10.5 Å². The topological polar surface area (TPSA) is 46.5 Å². The van der Waals surface area contributed by atoms with Gasteiger partial charge < -0.3 is 19.5 Å².